The summed E-state index contributed by atoms with van der Waals surface area (Å²) < 4.78 is 0. The second-order valence-electron chi connectivity index (χ2n) is 5.72. The summed E-state index contributed by atoms with van der Waals surface area (Å²) in [5, 5.41) is 11.7. The minimum Gasteiger partial charge on any atom is -0.481 e. The normalized spacial score (nSPS) is 17.7. The lowest BCUT2D eigenvalue weighted by Crippen LogP contribution is -2.38. The molecule has 1 aliphatic rings. The summed E-state index contributed by atoms with van der Waals surface area (Å²) in [5.41, 5.74) is 0.934. The summed E-state index contributed by atoms with van der Waals surface area (Å²) in [6.07, 6.45) is 2.59. The fourth-order valence-electron chi connectivity index (χ4n) is 2.63. The number of likely N-dealkylation sites (tertiary alicyclic amines) is 1. The summed E-state index contributed by atoms with van der Waals surface area (Å²) >= 11 is 0. The van der Waals surface area contributed by atoms with Crippen molar-refractivity contribution in [2.45, 2.75) is 44.7 Å². The first kappa shape index (κ1) is 17.1. The van der Waals surface area contributed by atoms with Crippen molar-refractivity contribution in [1.82, 2.24) is 10.2 Å². The number of amides is 2. The molecule has 1 fully saturated rings. The maximum absolute atomic E-state index is 12.3. The molecular weight excluding hydrogens is 296 g/mol. The predicted molar refractivity (Wildman–Crippen MR) is 84.5 cm³/mol. The van der Waals surface area contributed by atoms with Crippen LogP contribution in [0.2, 0.25) is 0 Å². The molecule has 1 saturated heterocycles. The van der Waals surface area contributed by atoms with Gasteiger partial charge in [0.05, 0.1) is 19.0 Å². The van der Waals surface area contributed by atoms with Gasteiger partial charge in [0, 0.05) is 6.42 Å². The van der Waals surface area contributed by atoms with Gasteiger partial charge in [0.1, 0.15) is 0 Å². The Balaban J connectivity index is 1.74. The van der Waals surface area contributed by atoms with E-state index in [-0.39, 0.29) is 24.7 Å². The smallest absolute Gasteiger partial charge is 0.303 e. The van der Waals surface area contributed by atoms with Crippen LogP contribution in [0.1, 0.15) is 37.7 Å². The van der Waals surface area contributed by atoms with Crippen LogP contribution < -0.4 is 5.32 Å². The summed E-state index contributed by atoms with van der Waals surface area (Å²) in [4.78, 5) is 36.0. The van der Waals surface area contributed by atoms with Gasteiger partial charge in [-0.1, -0.05) is 36.8 Å². The van der Waals surface area contributed by atoms with Gasteiger partial charge in [-0.3, -0.25) is 19.3 Å². The number of carboxylic acid groups (broad SMARTS) is 1. The first-order chi connectivity index (χ1) is 11.1. The van der Waals surface area contributed by atoms with Crippen molar-refractivity contribution in [2.75, 3.05) is 6.54 Å². The van der Waals surface area contributed by atoms with Crippen molar-refractivity contribution in [1.29, 1.82) is 0 Å². The molecule has 2 amide bonds. The van der Waals surface area contributed by atoms with E-state index in [1.165, 1.54) is 4.90 Å². The molecule has 0 radical (unpaired) electrons. The fourth-order valence-corrected chi connectivity index (χ4v) is 2.63. The number of aliphatic carboxylic acids is 1. The summed E-state index contributed by atoms with van der Waals surface area (Å²) in [6, 6.07) is 8.99. The van der Waals surface area contributed by atoms with Crippen LogP contribution in [0.25, 0.3) is 0 Å². The predicted octanol–water partition coefficient (Wildman–Crippen LogP) is 1.55. The number of nitrogens with zero attached hydrogens (tertiary/aromatic N) is 1. The number of hydrogen-bond acceptors (Lipinski definition) is 4. The Hall–Kier alpha value is -2.21. The lowest BCUT2D eigenvalue weighted by Gasteiger charge is -2.15. The van der Waals surface area contributed by atoms with Gasteiger partial charge < -0.3 is 10.4 Å². The van der Waals surface area contributed by atoms with Crippen LogP contribution in [-0.4, -0.2) is 40.4 Å². The second kappa shape index (κ2) is 8.43. The van der Waals surface area contributed by atoms with Crippen molar-refractivity contribution in [3.8, 4) is 0 Å². The molecule has 6 nitrogen and oxygen atoms in total. The topological polar surface area (TPSA) is 86.7 Å². The van der Waals surface area contributed by atoms with E-state index < -0.39 is 12.0 Å². The van der Waals surface area contributed by atoms with E-state index in [0.29, 0.717) is 19.5 Å². The van der Waals surface area contributed by atoms with Crippen LogP contribution in [0, 0.1) is 0 Å². The quantitative estimate of drug-likeness (QED) is 0.533. The molecule has 1 aromatic rings. The van der Waals surface area contributed by atoms with Crippen LogP contribution in [0.4, 0.5) is 0 Å². The lowest BCUT2D eigenvalue weighted by atomic mass is 10.2. The number of imide groups is 1. The molecule has 124 valence electrons. The third-order valence-corrected chi connectivity index (χ3v) is 3.89. The lowest BCUT2D eigenvalue weighted by molar-refractivity contribution is -0.140. The monoisotopic (exact) mass is 318 g/mol. The Morgan fingerprint density at radius 2 is 1.91 bits per heavy atom. The third kappa shape index (κ3) is 5.17. The van der Waals surface area contributed by atoms with Crippen LogP contribution in [0.15, 0.2) is 30.3 Å². The molecule has 0 unspecified atom stereocenters. The first-order valence-electron chi connectivity index (χ1n) is 7.91. The Bertz CT molecular complexity index is 559. The second-order valence-corrected chi connectivity index (χ2v) is 5.72. The van der Waals surface area contributed by atoms with Crippen molar-refractivity contribution in [3.05, 3.63) is 35.9 Å². The van der Waals surface area contributed by atoms with Crippen LogP contribution in [0.5, 0.6) is 0 Å². The van der Waals surface area contributed by atoms with E-state index in [4.69, 9.17) is 5.11 Å². The van der Waals surface area contributed by atoms with Crippen LogP contribution >= 0.6 is 0 Å². The Kier molecular flexibility index (Phi) is 6.29. The number of nitrogens with one attached hydrogen (secondary N) is 1. The Labute approximate surface area is 135 Å². The van der Waals surface area contributed by atoms with Crippen molar-refractivity contribution in [3.63, 3.8) is 0 Å². The van der Waals surface area contributed by atoms with Crippen LogP contribution in [0.3, 0.4) is 0 Å². The highest BCUT2D eigenvalue weighted by molar-refractivity contribution is 6.05. The van der Waals surface area contributed by atoms with Gasteiger partial charge in [-0.25, -0.2) is 0 Å². The minimum absolute atomic E-state index is 0.151. The van der Waals surface area contributed by atoms with E-state index >= 15 is 0 Å². The highest BCUT2D eigenvalue weighted by Crippen LogP contribution is 2.16. The van der Waals surface area contributed by atoms with Gasteiger partial charge in [-0.2, -0.15) is 0 Å². The standard InChI is InChI=1S/C17H22N2O4/c20-15-11-14(18-10-6-2-5-9-16(21)22)17(23)19(15)12-13-7-3-1-4-8-13/h1,3-4,7-8,14,18H,2,5-6,9-12H2,(H,21,22)/t14-/m0/s1. The highest BCUT2D eigenvalue weighted by atomic mass is 16.4. The van der Waals surface area contributed by atoms with E-state index in [0.717, 1.165) is 18.4 Å². The summed E-state index contributed by atoms with van der Waals surface area (Å²) in [6.45, 7) is 0.928. The SMILES string of the molecule is O=C(O)CCCCCN[C@H]1CC(=O)N(Cc2ccccc2)C1=O. The number of carbonyl (C=O) groups is 3. The Morgan fingerprint density at radius 1 is 1.17 bits per heavy atom. The van der Waals surface area contributed by atoms with E-state index in [2.05, 4.69) is 5.32 Å². The summed E-state index contributed by atoms with van der Waals surface area (Å²) in [5.74, 6) is -1.11. The van der Waals surface area contributed by atoms with Gasteiger partial charge >= 0.3 is 5.97 Å². The number of benzene rings is 1. The first-order valence-corrected chi connectivity index (χ1v) is 7.91. The van der Waals surface area contributed by atoms with E-state index in [1.54, 1.807) is 0 Å². The molecule has 0 aromatic heterocycles. The molecular formula is C17H22N2O4. The maximum Gasteiger partial charge on any atom is 0.303 e. The van der Waals surface area contributed by atoms with Gasteiger partial charge in [0.2, 0.25) is 11.8 Å². The molecule has 0 saturated carbocycles. The zero-order valence-electron chi connectivity index (χ0n) is 13.0. The largest absolute Gasteiger partial charge is 0.481 e. The Morgan fingerprint density at radius 3 is 2.61 bits per heavy atom. The van der Waals surface area contributed by atoms with Crippen molar-refractivity contribution < 1.29 is 19.5 Å². The highest BCUT2D eigenvalue weighted by Gasteiger charge is 2.37. The van der Waals surface area contributed by atoms with E-state index in [9.17, 15) is 14.4 Å². The third-order valence-electron chi connectivity index (χ3n) is 3.89. The molecule has 1 heterocycles. The number of carbonyl (C=O) groups excluding carboxylic acids is 2. The van der Waals surface area contributed by atoms with Crippen molar-refractivity contribution in [2.24, 2.45) is 0 Å². The van der Waals surface area contributed by atoms with Gasteiger partial charge in [0.25, 0.3) is 0 Å². The molecule has 1 aromatic carbocycles. The van der Waals surface area contributed by atoms with Gasteiger partial charge in [0.15, 0.2) is 0 Å². The molecule has 1 aliphatic heterocycles. The van der Waals surface area contributed by atoms with Crippen molar-refractivity contribution >= 4 is 17.8 Å². The summed E-state index contributed by atoms with van der Waals surface area (Å²) in [7, 11) is 0. The molecule has 6 heteroatoms. The molecule has 0 spiro atoms. The molecule has 2 rings (SSSR count). The van der Waals surface area contributed by atoms with Crippen LogP contribution in [-0.2, 0) is 20.9 Å². The molecule has 1 atom stereocenters. The number of unbranched alkanes of at least 4 members (excludes halogenated alkanes) is 2. The molecule has 2 N–H and O–H groups in total. The molecule has 0 aliphatic carbocycles. The fraction of sp³-hybridized carbons (Fsp3) is 0.471. The average Bonchev–Trinajstić information content (AvgIpc) is 2.79. The average molecular weight is 318 g/mol. The van der Waals surface area contributed by atoms with Gasteiger partial charge in [-0.15, -0.1) is 0 Å². The van der Waals surface area contributed by atoms with Gasteiger partial charge in [-0.05, 0) is 24.9 Å². The molecule has 0 bridgehead atoms. The number of hydrogen-bond donors (Lipinski definition) is 2. The van der Waals surface area contributed by atoms with E-state index in [1.807, 2.05) is 30.3 Å². The zero-order valence-corrected chi connectivity index (χ0v) is 13.0. The minimum atomic E-state index is -0.786. The maximum atomic E-state index is 12.3. The number of rotatable bonds is 9. The number of carboxylic acids is 1. The zero-order chi connectivity index (χ0) is 16.7. The molecule has 23 heavy (non-hydrogen) atoms.